The van der Waals surface area contributed by atoms with E-state index in [0.29, 0.717) is 37.3 Å². The predicted octanol–water partition coefficient (Wildman–Crippen LogP) is 3.98. The first-order chi connectivity index (χ1) is 10.0. The molecule has 1 aromatic rings. The second-order valence-electron chi connectivity index (χ2n) is 4.45. The molecule has 0 aliphatic carbocycles. The summed E-state index contributed by atoms with van der Waals surface area (Å²) in [6, 6.07) is 3.17. The number of rotatable bonds is 8. The summed E-state index contributed by atoms with van der Waals surface area (Å²) in [6.07, 6.45) is 1.16. The van der Waals surface area contributed by atoms with E-state index in [1.165, 1.54) is 13.1 Å². The van der Waals surface area contributed by atoms with Gasteiger partial charge in [-0.3, -0.25) is 0 Å². The van der Waals surface area contributed by atoms with Crippen molar-refractivity contribution < 1.29 is 23.0 Å². The summed E-state index contributed by atoms with van der Waals surface area (Å²) >= 11 is 0. The number of hydrogen-bond acceptors (Lipinski definition) is 4. The van der Waals surface area contributed by atoms with E-state index in [4.69, 9.17) is 9.47 Å². The highest BCUT2D eigenvalue weighted by Gasteiger charge is 2.08. The summed E-state index contributed by atoms with van der Waals surface area (Å²) in [7, 11) is 0. The molecule has 0 aromatic carbocycles. The Morgan fingerprint density at radius 3 is 2.62 bits per heavy atom. The van der Waals surface area contributed by atoms with Gasteiger partial charge in [0.1, 0.15) is 0 Å². The number of carbonyl (C=O) groups excluding carboxylic acids is 1. The molecule has 0 spiro atoms. The molecule has 6 heteroatoms. The maximum absolute atomic E-state index is 12.2. The molecular weight excluding hydrogens is 280 g/mol. The van der Waals surface area contributed by atoms with Gasteiger partial charge >= 0.3 is 5.97 Å². The zero-order chi connectivity index (χ0) is 15.7. The molecule has 0 saturated carbocycles. The third-order valence-electron chi connectivity index (χ3n) is 2.77. The Labute approximate surface area is 122 Å². The maximum Gasteiger partial charge on any atom is 0.339 e. The van der Waals surface area contributed by atoms with Crippen molar-refractivity contribution in [1.29, 1.82) is 0 Å². The average Bonchev–Trinajstić information content (AvgIpc) is 2.47. The van der Waals surface area contributed by atoms with Crippen molar-refractivity contribution in [3.8, 4) is 5.88 Å². The normalized spacial score (nSPS) is 10.1. The van der Waals surface area contributed by atoms with Crippen molar-refractivity contribution in [3.63, 3.8) is 0 Å². The van der Waals surface area contributed by atoms with Gasteiger partial charge in [-0.2, -0.15) is 8.78 Å². The molecule has 0 N–H and O–H groups in total. The number of aromatic nitrogens is 1. The van der Waals surface area contributed by atoms with E-state index in [0.717, 1.165) is 0 Å². The highest BCUT2D eigenvalue weighted by Crippen LogP contribution is 2.14. The number of pyridine rings is 1. The van der Waals surface area contributed by atoms with Crippen LogP contribution in [-0.2, 0) is 4.74 Å². The second-order valence-corrected chi connectivity index (χ2v) is 4.45. The monoisotopic (exact) mass is 299 g/mol. The smallest absolute Gasteiger partial charge is 0.339 e. The number of nitrogens with zero attached hydrogens (tertiary/aromatic N) is 1. The summed E-state index contributed by atoms with van der Waals surface area (Å²) in [5.74, 6) is -0.0287. The van der Waals surface area contributed by atoms with Crippen LogP contribution in [0.3, 0.4) is 0 Å². The van der Waals surface area contributed by atoms with Crippen LogP contribution >= 0.6 is 0 Å². The molecule has 0 aliphatic heterocycles. The fourth-order valence-electron chi connectivity index (χ4n) is 1.57. The van der Waals surface area contributed by atoms with Crippen LogP contribution in [0.25, 0.3) is 0 Å². The molecule has 0 radical (unpaired) electrons. The van der Waals surface area contributed by atoms with E-state index in [2.05, 4.69) is 4.98 Å². The summed E-state index contributed by atoms with van der Waals surface area (Å²) in [6.45, 7) is 3.94. The van der Waals surface area contributed by atoms with Gasteiger partial charge in [0.05, 0.1) is 18.8 Å². The zero-order valence-corrected chi connectivity index (χ0v) is 12.2. The molecule has 1 rings (SSSR count). The molecule has 116 valence electrons. The van der Waals surface area contributed by atoms with Crippen molar-refractivity contribution >= 4 is 5.97 Å². The van der Waals surface area contributed by atoms with E-state index in [-0.39, 0.29) is 12.2 Å². The highest BCUT2D eigenvalue weighted by molar-refractivity contribution is 5.89. The van der Waals surface area contributed by atoms with E-state index in [9.17, 15) is 13.6 Å². The molecule has 1 aromatic heterocycles. The first-order valence-corrected chi connectivity index (χ1v) is 6.81. The number of unbranched alkanes of at least 4 members (excludes halogenated alkanes) is 1. The Balaban J connectivity index is 2.29. The third kappa shape index (κ3) is 6.33. The molecule has 0 atom stereocenters. The van der Waals surface area contributed by atoms with Crippen LogP contribution in [0, 0.1) is 0 Å². The Morgan fingerprint density at radius 1 is 1.29 bits per heavy atom. The van der Waals surface area contributed by atoms with Crippen LogP contribution in [-0.4, -0.2) is 24.2 Å². The minimum atomic E-state index is -1.63. The number of ether oxygens (including phenoxy) is 2. The molecule has 0 aliphatic rings. The first kappa shape index (κ1) is 17.1. The van der Waals surface area contributed by atoms with Crippen molar-refractivity contribution in [2.24, 2.45) is 0 Å². The van der Waals surface area contributed by atoms with Gasteiger partial charge in [0.2, 0.25) is 5.88 Å². The van der Waals surface area contributed by atoms with Crippen LogP contribution in [0.4, 0.5) is 8.78 Å². The standard InChI is InChI=1S/C15H19F2NO3/c1-3-20-13-8-7-12(10-18-13)15(19)21-9-5-4-6-11(2)14(16)17/h7-8,10H,3-6,9H2,1-2H3. The van der Waals surface area contributed by atoms with Crippen molar-refractivity contribution in [2.75, 3.05) is 13.2 Å². The summed E-state index contributed by atoms with van der Waals surface area (Å²) in [5.41, 5.74) is 0.418. The SMILES string of the molecule is CCOc1ccc(C(=O)OCCCCC(C)=C(F)F)cn1. The Morgan fingerprint density at radius 2 is 2.05 bits per heavy atom. The van der Waals surface area contributed by atoms with Gasteiger partial charge in [0.25, 0.3) is 6.08 Å². The second kappa shape index (κ2) is 9.05. The minimum absolute atomic E-state index is 0.0806. The highest BCUT2D eigenvalue weighted by atomic mass is 19.3. The fourth-order valence-corrected chi connectivity index (χ4v) is 1.57. The van der Waals surface area contributed by atoms with Crippen molar-refractivity contribution in [2.45, 2.75) is 33.1 Å². The van der Waals surface area contributed by atoms with Gasteiger partial charge in [0.15, 0.2) is 0 Å². The number of allylic oxidation sites excluding steroid dienone is 1. The largest absolute Gasteiger partial charge is 0.478 e. The maximum atomic E-state index is 12.2. The lowest BCUT2D eigenvalue weighted by molar-refractivity contribution is 0.0498. The van der Waals surface area contributed by atoms with E-state index < -0.39 is 12.0 Å². The first-order valence-electron chi connectivity index (χ1n) is 6.81. The Kier molecular flexibility index (Phi) is 7.36. The number of carbonyl (C=O) groups is 1. The van der Waals surface area contributed by atoms with Gasteiger partial charge in [-0.15, -0.1) is 0 Å². The molecule has 0 bridgehead atoms. The summed E-state index contributed by atoms with van der Waals surface area (Å²) in [4.78, 5) is 15.7. The average molecular weight is 299 g/mol. The van der Waals surface area contributed by atoms with Gasteiger partial charge in [0, 0.05) is 12.3 Å². The zero-order valence-electron chi connectivity index (χ0n) is 12.2. The molecule has 1 heterocycles. The quantitative estimate of drug-likeness (QED) is 0.538. The molecule has 0 saturated heterocycles. The lowest BCUT2D eigenvalue weighted by atomic mass is 10.1. The number of esters is 1. The van der Waals surface area contributed by atoms with Crippen LogP contribution in [0.15, 0.2) is 30.0 Å². The Bertz CT molecular complexity index is 482. The van der Waals surface area contributed by atoms with Crippen LogP contribution < -0.4 is 4.74 Å². The lowest BCUT2D eigenvalue weighted by Gasteiger charge is -2.06. The van der Waals surface area contributed by atoms with Crippen molar-refractivity contribution in [3.05, 3.63) is 35.5 Å². The topological polar surface area (TPSA) is 48.4 Å². The van der Waals surface area contributed by atoms with E-state index in [1.807, 2.05) is 6.92 Å². The van der Waals surface area contributed by atoms with Crippen LogP contribution in [0.2, 0.25) is 0 Å². The van der Waals surface area contributed by atoms with Crippen LogP contribution in [0.1, 0.15) is 43.5 Å². The number of halogens is 2. The predicted molar refractivity (Wildman–Crippen MR) is 74.5 cm³/mol. The number of hydrogen-bond donors (Lipinski definition) is 0. The van der Waals surface area contributed by atoms with E-state index >= 15 is 0 Å². The fraction of sp³-hybridized carbons (Fsp3) is 0.467. The molecule has 4 nitrogen and oxygen atoms in total. The third-order valence-corrected chi connectivity index (χ3v) is 2.77. The minimum Gasteiger partial charge on any atom is -0.478 e. The molecular formula is C15H19F2NO3. The van der Waals surface area contributed by atoms with Gasteiger partial charge in [-0.25, -0.2) is 9.78 Å². The lowest BCUT2D eigenvalue weighted by Crippen LogP contribution is -2.07. The van der Waals surface area contributed by atoms with Crippen LogP contribution in [0.5, 0.6) is 5.88 Å². The Hall–Kier alpha value is -1.98. The summed E-state index contributed by atoms with van der Waals surface area (Å²) in [5, 5.41) is 0. The van der Waals surface area contributed by atoms with E-state index in [1.54, 1.807) is 12.1 Å². The van der Waals surface area contributed by atoms with Gasteiger partial charge < -0.3 is 9.47 Å². The molecule has 21 heavy (non-hydrogen) atoms. The molecule has 0 amide bonds. The van der Waals surface area contributed by atoms with Gasteiger partial charge in [-0.1, -0.05) is 0 Å². The molecule has 0 unspecified atom stereocenters. The van der Waals surface area contributed by atoms with Crippen molar-refractivity contribution in [1.82, 2.24) is 4.98 Å². The summed E-state index contributed by atoms with van der Waals surface area (Å²) < 4.78 is 34.5. The van der Waals surface area contributed by atoms with Gasteiger partial charge in [-0.05, 0) is 44.7 Å². The molecule has 0 fully saturated rings.